The average Bonchev–Trinajstić information content (AvgIpc) is 3.30. The smallest absolute Gasteiger partial charge is 0.133 e. The molecule has 0 spiro atoms. The van der Waals surface area contributed by atoms with Gasteiger partial charge in [-0.15, -0.1) is 0 Å². The number of hydrogen-bond acceptors (Lipinski definition) is 4. The molecule has 0 unspecified atom stereocenters. The van der Waals surface area contributed by atoms with Gasteiger partial charge in [-0.25, -0.2) is 0 Å². The van der Waals surface area contributed by atoms with E-state index in [0.717, 1.165) is 62.5 Å². The van der Waals surface area contributed by atoms with Crippen molar-refractivity contribution in [1.29, 1.82) is 0 Å². The normalized spacial score (nSPS) is 18.9. The van der Waals surface area contributed by atoms with E-state index in [1.54, 1.807) is 6.26 Å². The third kappa shape index (κ3) is 3.57. The lowest BCUT2D eigenvalue weighted by molar-refractivity contribution is 0.148. The van der Waals surface area contributed by atoms with Crippen LogP contribution in [0.2, 0.25) is 0 Å². The van der Waals surface area contributed by atoms with Crippen LogP contribution in [0.1, 0.15) is 42.3 Å². The molecule has 3 heterocycles. The molecule has 1 aromatic carbocycles. The van der Waals surface area contributed by atoms with Gasteiger partial charge in [-0.3, -0.25) is 9.58 Å². The van der Waals surface area contributed by atoms with Crippen LogP contribution in [0.5, 0.6) is 0 Å². The number of fused-ring (bicyclic) bond motifs is 1. The first-order valence-electron chi connectivity index (χ1n) is 9.86. The summed E-state index contributed by atoms with van der Waals surface area (Å²) < 4.78 is 7.57. The van der Waals surface area contributed by atoms with Crippen LogP contribution >= 0.6 is 0 Å². The molecule has 140 valence electrons. The second-order valence-electron chi connectivity index (χ2n) is 7.80. The van der Waals surface area contributed by atoms with Crippen LogP contribution in [-0.4, -0.2) is 26.3 Å². The summed E-state index contributed by atoms with van der Waals surface area (Å²) in [5.41, 5.74) is 4.49. The lowest BCUT2D eigenvalue weighted by Crippen LogP contribution is -2.22. The zero-order valence-corrected chi connectivity index (χ0v) is 15.4. The maximum Gasteiger partial charge on any atom is 0.133 e. The molecule has 1 N–H and O–H groups in total. The molecular weight excluding hydrogens is 338 g/mol. The van der Waals surface area contributed by atoms with E-state index in [2.05, 4.69) is 45.0 Å². The summed E-state index contributed by atoms with van der Waals surface area (Å²) >= 11 is 0. The Morgan fingerprint density at radius 2 is 2.00 bits per heavy atom. The average molecular weight is 363 g/mol. The number of aliphatic hydroxyl groups is 1. The largest absolute Gasteiger partial charge is 0.464 e. The Morgan fingerprint density at radius 3 is 2.74 bits per heavy atom. The molecule has 0 saturated heterocycles. The quantitative estimate of drug-likeness (QED) is 0.745. The minimum atomic E-state index is -0.382. The Balaban J connectivity index is 1.28. The fourth-order valence-electron chi connectivity index (χ4n) is 3.96. The lowest BCUT2D eigenvalue weighted by Gasteiger charge is -2.19. The predicted octanol–water partition coefficient (Wildman–Crippen LogP) is 3.99. The monoisotopic (exact) mass is 363 g/mol. The van der Waals surface area contributed by atoms with Crippen molar-refractivity contribution < 1.29 is 9.52 Å². The van der Waals surface area contributed by atoms with Gasteiger partial charge in [0.15, 0.2) is 0 Å². The molecule has 5 heteroatoms. The molecule has 2 aliphatic rings. The maximum atomic E-state index is 10.4. The fourth-order valence-corrected chi connectivity index (χ4v) is 3.96. The number of aliphatic hydroxyl groups excluding tert-OH is 1. The van der Waals surface area contributed by atoms with Gasteiger partial charge in [-0.05, 0) is 48.9 Å². The second-order valence-corrected chi connectivity index (χ2v) is 7.80. The molecule has 1 aliphatic carbocycles. The highest BCUT2D eigenvalue weighted by Gasteiger charge is 2.33. The van der Waals surface area contributed by atoms with Crippen LogP contribution < -0.4 is 0 Å². The van der Waals surface area contributed by atoms with Gasteiger partial charge in [0, 0.05) is 31.7 Å². The van der Waals surface area contributed by atoms with E-state index in [1.807, 2.05) is 12.1 Å². The topological polar surface area (TPSA) is 54.4 Å². The van der Waals surface area contributed by atoms with Gasteiger partial charge in [0.25, 0.3) is 0 Å². The number of rotatable bonds is 5. The van der Waals surface area contributed by atoms with Gasteiger partial charge < -0.3 is 9.52 Å². The van der Waals surface area contributed by atoms with Gasteiger partial charge in [-0.1, -0.05) is 24.3 Å². The molecule has 0 bridgehead atoms. The van der Waals surface area contributed by atoms with Crippen LogP contribution in [0.15, 0.2) is 53.1 Å². The third-order valence-electron chi connectivity index (χ3n) is 5.65. The van der Waals surface area contributed by atoms with E-state index < -0.39 is 0 Å². The van der Waals surface area contributed by atoms with E-state index >= 15 is 0 Å². The summed E-state index contributed by atoms with van der Waals surface area (Å²) in [6.07, 6.45) is 4.66. The summed E-state index contributed by atoms with van der Waals surface area (Å²) in [6.45, 7) is 3.79. The summed E-state index contributed by atoms with van der Waals surface area (Å²) in [5, 5.41) is 15.1. The van der Waals surface area contributed by atoms with E-state index in [1.165, 1.54) is 11.3 Å². The first-order valence-corrected chi connectivity index (χ1v) is 9.86. The van der Waals surface area contributed by atoms with Crippen molar-refractivity contribution in [3.05, 3.63) is 65.7 Å². The first-order chi connectivity index (χ1) is 13.3. The van der Waals surface area contributed by atoms with Crippen molar-refractivity contribution >= 4 is 0 Å². The minimum Gasteiger partial charge on any atom is -0.464 e. The Kier molecular flexibility index (Phi) is 4.34. The molecule has 1 aliphatic heterocycles. The first kappa shape index (κ1) is 16.8. The molecule has 1 fully saturated rings. The van der Waals surface area contributed by atoms with Crippen molar-refractivity contribution in [3.63, 3.8) is 0 Å². The Hall–Kier alpha value is -2.37. The molecule has 1 atom stereocenters. The van der Waals surface area contributed by atoms with E-state index in [0.29, 0.717) is 5.92 Å². The van der Waals surface area contributed by atoms with Gasteiger partial charge >= 0.3 is 0 Å². The Labute approximate surface area is 159 Å². The van der Waals surface area contributed by atoms with Gasteiger partial charge in [0.2, 0.25) is 0 Å². The van der Waals surface area contributed by atoms with Gasteiger partial charge in [0.05, 0.1) is 17.7 Å². The molecule has 27 heavy (non-hydrogen) atoms. The molecule has 2 aromatic heterocycles. The third-order valence-corrected chi connectivity index (χ3v) is 5.65. The second kappa shape index (κ2) is 6.98. The number of nitrogens with zero attached hydrogens (tertiary/aromatic N) is 3. The molecule has 3 aromatic rings. The molecule has 0 radical (unpaired) electrons. The van der Waals surface area contributed by atoms with Crippen LogP contribution in [0, 0.1) is 5.92 Å². The molecule has 5 rings (SSSR count). The zero-order valence-electron chi connectivity index (χ0n) is 15.4. The summed E-state index contributed by atoms with van der Waals surface area (Å²) in [7, 11) is 0. The number of hydrogen-bond donors (Lipinski definition) is 1. The van der Waals surface area contributed by atoms with E-state index in [4.69, 9.17) is 4.42 Å². The van der Waals surface area contributed by atoms with Crippen molar-refractivity contribution in [3.8, 4) is 11.3 Å². The standard InChI is InChI=1S/C22H25N3O2/c26-22(18-8-9-18)20-13-19-15-24(10-2-11-25(19)23-20)14-16-4-6-17(7-5-16)21-3-1-12-27-21/h1,3-7,12-13,18,22,26H,2,8-11,14-15H2/t22-/m0/s1. The lowest BCUT2D eigenvalue weighted by atomic mass is 10.1. The zero-order chi connectivity index (χ0) is 18.2. The highest BCUT2D eigenvalue weighted by atomic mass is 16.3. The molecule has 1 saturated carbocycles. The fraction of sp³-hybridized carbons (Fsp3) is 0.409. The van der Waals surface area contributed by atoms with Crippen molar-refractivity contribution in [2.24, 2.45) is 5.92 Å². The molecular formula is C22H25N3O2. The number of aryl methyl sites for hydroxylation is 1. The molecule has 5 nitrogen and oxygen atoms in total. The highest BCUT2D eigenvalue weighted by molar-refractivity contribution is 5.57. The minimum absolute atomic E-state index is 0.382. The van der Waals surface area contributed by atoms with Crippen LogP contribution in [-0.2, 0) is 19.6 Å². The van der Waals surface area contributed by atoms with Crippen molar-refractivity contribution in [2.45, 2.75) is 45.0 Å². The van der Waals surface area contributed by atoms with E-state index in [-0.39, 0.29) is 6.10 Å². The number of furan rings is 1. The molecule has 0 amide bonds. The van der Waals surface area contributed by atoms with Crippen LogP contribution in [0.4, 0.5) is 0 Å². The van der Waals surface area contributed by atoms with Crippen LogP contribution in [0.3, 0.4) is 0 Å². The number of benzene rings is 1. The Morgan fingerprint density at radius 1 is 1.15 bits per heavy atom. The predicted molar refractivity (Wildman–Crippen MR) is 103 cm³/mol. The maximum absolute atomic E-state index is 10.4. The summed E-state index contributed by atoms with van der Waals surface area (Å²) in [6, 6.07) is 14.6. The van der Waals surface area contributed by atoms with Gasteiger partial charge in [0.1, 0.15) is 11.9 Å². The highest BCUT2D eigenvalue weighted by Crippen LogP contribution is 2.40. The SMILES string of the molecule is O[C@H](c1cc2n(n1)CCCN(Cc1ccc(-c3ccco3)cc1)C2)C1CC1. The summed E-state index contributed by atoms with van der Waals surface area (Å²) in [5.74, 6) is 1.33. The van der Waals surface area contributed by atoms with Crippen molar-refractivity contribution in [2.75, 3.05) is 6.54 Å². The summed E-state index contributed by atoms with van der Waals surface area (Å²) in [4.78, 5) is 2.47. The van der Waals surface area contributed by atoms with Gasteiger partial charge in [-0.2, -0.15) is 5.10 Å². The Bertz CT molecular complexity index is 894. The van der Waals surface area contributed by atoms with Crippen LogP contribution in [0.25, 0.3) is 11.3 Å². The van der Waals surface area contributed by atoms with Crippen molar-refractivity contribution in [1.82, 2.24) is 14.7 Å². The van der Waals surface area contributed by atoms with E-state index in [9.17, 15) is 5.11 Å². The number of aromatic nitrogens is 2.